The first-order valence-electron chi connectivity index (χ1n) is 12.2. The van der Waals surface area contributed by atoms with E-state index in [0.29, 0.717) is 17.2 Å². The summed E-state index contributed by atoms with van der Waals surface area (Å²) in [4.78, 5) is 28.0. The number of rotatable bonds is 7. The van der Waals surface area contributed by atoms with Crippen LogP contribution in [0.1, 0.15) is 34.7 Å². The molecule has 2 unspecified atom stereocenters. The Hall–Kier alpha value is -4.46. The largest absolute Gasteiger partial charge is 0.493 e. The Balaban J connectivity index is 1.81. The molecule has 0 saturated heterocycles. The van der Waals surface area contributed by atoms with Crippen molar-refractivity contribution < 1.29 is 33.3 Å². The maximum Gasteiger partial charge on any atom is 0.411 e. The molecule has 1 aliphatic heterocycles. The van der Waals surface area contributed by atoms with E-state index in [1.54, 1.807) is 19.1 Å². The van der Waals surface area contributed by atoms with Crippen LogP contribution in [0.3, 0.4) is 0 Å². The lowest BCUT2D eigenvalue weighted by molar-refractivity contribution is -0.142. The summed E-state index contributed by atoms with van der Waals surface area (Å²) in [7, 11) is 5.81. The summed E-state index contributed by atoms with van der Waals surface area (Å²) >= 11 is 0. The van der Waals surface area contributed by atoms with Crippen molar-refractivity contribution in [1.29, 1.82) is 0 Å². The average molecular weight is 516 g/mol. The van der Waals surface area contributed by atoms with Crippen LogP contribution in [0.15, 0.2) is 66.7 Å². The number of amides is 1. The number of fused-ring (bicyclic) bond motifs is 5. The first-order valence-corrected chi connectivity index (χ1v) is 12.2. The van der Waals surface area contributed by atoms with E-state index in [-0.39, 0.29) is 13.0 Å². The van der Waals surface area contributed by atoms with Gasteiger partial charge in [-0.3, -0.25) is 9.69 Å². The van der Waals surface area contributed by atoms with Crippen LogP contribution in [-0.4, -0.2) is 52.0 Å². The number of hydrogen-bond donors (Lipinski definition) is 0. The summed E-state index contributed by atoms with van der Waals surface area (Å²) in [6, 6.07) is 20.2. The van der Waals surface area contributed by atoms with Crippen molar-refractivity contribution in [3.05, 3.63) is 89.0 Å². The number of methoxy groups -OCH3 is 4. The second kappa shape index (κ2) is 10.1. The lowest BCUT2D eigenvalue weighted by Crippen LogP contribution is -2.57. The molecular formula is C30H29NO7. The van der Waals surface area contributed by atoms with Crippen molar-refractivity contribution in [2.45, 2.75) is 18.0 Å². The van der Waals surface area contributed by atoms with Crippen molar-refractivity contribution >= 4 is 23.7 Å². The average Bonchev–Trinajstić information content (AvgIpc) is 3.29. The lowest BCUT2D eigenvalue weighted by Gasteiger charge is -2.50. The maximum absolute atomic E-state index is 13.7. The van der Waals surface area contributed by atoms with Gasteiger partial charge in [-0.1, -0.05) is 42.5 Å². The summed E-state index contributed by atoms with van der Waals surface area (Å²) in [5.41, 5.74) is 3.04. The van der Waals surface area contributed by atoms with Crippen LogP contribution in [0.25, 0.3) is 11.6 Å². The molecule has 0 aromatic heterocycles. The number of hydrogen-bond acceptors (Lipinski definition) is 7. The Morgan fingerprint density at radius 1 is 0.868 bits per heavy atom. The summed E-state index contributed by atoms with van der Waals surface area (Å²) in [6.45, 7) is 0.0619. The van der Waals surface area contributed by atoms with Gasteiger partial charge in [-0.2, -0.15) is 0 Å². The van der Waals surface area contributed by atoms with Crippen molar-refractivity contribution in [3.8, 4) is 17.2 Å². The third-order valence-electron chi connectivity index (χ3n) is 7.23. The first kappa shape index (κ1) is 25.2. The molecule has 196 valence electrons. The molecule has 8 nitrogen and oxygen atoms in total. The fourth-order valence-corrected chi connectivity index (χ4v) is 5.54. The topological polar surface area (TPSA) is 83.5 Å². The smallest absolute Gasteiger partial charge is 0.411 e. The van der Waals surface area contributed by atoms with Gasteiger partial charge in [-0.25, -0.2) is 4.79 Å². The minimum atomic E-state index is -1.15. The standard InChI is InChI=1S/C30H29NO7/c1-34-26-15-19-14-24-21-12-8-9-13-22(21)25(17-28(32)36-3)31(29(33)37-4)30(24,23(19)16-27(26)35-2)18-38-20-10-6-5-7-11-20/h5-16,25H,17-18H2,1-4H3. The number of ether oxygens (including phenoxy) is 5. The van der Waals surface area contributed by atoms with Gasteiger partial charge in [0.1, 0.15) is 17.9 Å². The molecule has 1 aliphatic carbocycles. The zero-order valence-electron chi connectivity index (χ0n) is 21.7. The molecule has 38 heavy (non-hydrogen) atoms. The Bertz CT molecular complexity index is 1400. The second-order valence-electron chi connectivity index (χ2n) is 9.04. The van der Waals surface area contributed by atoms with Gasteiger partial charge in [-0.15, -0.1) is 0 Å². The van der Waals surface area contributed by atoms with Crippen molar-refractivity contribution in [1.82, 2.24) is 4.90 Å². The Morgan fingerprint density at radius 2 is 1.55 bits per heavy atom. The Kier molecular flexibility index (Phi) is 6.72. The molecule has 2 aliphatic rings. The molecule has 3 aromatic rings. The highest BCUT2D eigenvalue weighted by molar-refractivity contribution is 5.99. The molecule has 2 atom stereocenters. The molecule has 0 radical (unpaired) electrons. The van der Waals surface area contributed by atoms with E-state index in [2.05, 4.69) is 0 Å². The fourth-order valence-electron chi connectivity index (χ4n) is 5.54. The molecule has 0 saturated carbocycles. The van der Waals surface area contributed by atoms with Crippen molar-refractivity contribution in [2.75, 3.05) is 35.0 Å². The third-order valence-corrected chi connectivity index (χ3v) is 7.23. The fraction of sp³-hybridized carbons (Fsp3) is 0.267. The van der Waals surface area contributed by atoms with Gasteiger partial charge >= 0.3 is 12.1 Å². The predicted octanol–water partition coefficient (Wildman–Crippen LogP) is 5.22. The van der Waals surface area contributed by atoms with Gasteiger partial charge in [0.15, 0.2) is 11.5 Å². The molecule has 5 rings (SSSR count). The summed E-state index contributed by atoms with van der Waals surface area (Å²) < 4.78 is 28.0. The summed E-state index contributed by atoms with van der Waals surface area (Å²) in [6.07, 6.45) is 1.37. The van der Waals surface area contributed by atoms with Crippen LogP contribution < -0.4 is 14.2 Å². The van der Waals surface area contributed by atoms with Gasteiger partial charge in [0.05, 0.1) is 40.9 Å². The van der Waals surface area contributed by atoms with E-state index in [4.69, 9.17) is 23.7 Å². The van der Waals surface area contributed by atoms with Gasteiger partial charge < -0.3 is 23.7 Å². The minimum absolute atomic E-state index is 0.0619. The van der Waals surface area contributed by atoms with Crippen LogP contribution in [0.2, 0.25) is 0 Å². The number of carbonyl (C=O) groups excluding carboxylic acids is 2. The van der Waals surface area contributed by atoms with Crippen molar-refractivity contribution in [2.24, 2.45) is 0 Å². The minimum Gasteiger partial charge on any atom is -0.493 e. The monoisotopic (exact) mass is 515 g/mol. The molecule has 8 heteroatoms. The highest BCUT2D eigenvalue weighted by atomic mass is 16.5. The molecule has 1 amide bonds. The van der Waals surface area contributed by atoms with Gasteiger partial charge in [0, 0.05) is 0 Å². The molecule has 0 bridgehead atoms. The van der Waals surface area contributed by atoms with E-state index in [1.807, 2.05) is 72.8 Å². The maximum atomic E-state index is 13.7. The predicted molar refractivity (Wildman–Crippen MR) is 141 cm³/mol. The molecule has 0 spiro atoms. The Labute approximate surface area is 221 Å². The Morgan fingerprint density at radius 3 is 2.24 bits per heavy atom. The number of benzene rings is 3. The molecule has 0 N–H and O–H groups in total. The number of carbonyl (C=O) groups is 2. The van der Waals surface area contributed by atoms with E-state index >= 15 is 0 Å². The number of nitrogens with zero attached hydrogens (tertiary/aromatic N) is 1. The zero-order valence-corrected chi connectivity index (χ0v) is 21.7. The zero-order chi connectivity index (χ0) is 26.9. The molecule has 1 heterocycles. The quantitative estimate of drug-likeness (QED) is 0.399. The first-order chi connectivity index (χ1) is 18.5. The van der Waals surface area contributed by atoms with Crippen LogP contribution in [0, 0.1) is 0 Å². The van der Waals surface area contributed by atoms with E-state index in [1.165, 1.54) is 14.2 Å². The van der Waals surface area contributed by atoms with Gasteiger partial charge in [-0.05, 0) is 58.2 Å². The highest BCUT2D eigenvalue weighted by Gasteiger charge is 2.57. The SMILES string of the molecule is COC(=O)CC1c2ccccc2C2=Cc3cc(OC)c(OC)cc3C2(COc2ccccc2)N1C(=O)OC. The number of para-hydroxylation sites is 1. The van der Waals surface area contributed by atoms with E-state index in [0.717, 1.165) is 27.8 Å². The summed E-state index contributed by atoms with van der Waals surface area (Å²) in [5.74, 6) is 1.26. The van der Waals surface area contributed by atoms with E-state index in [9.17, 15) is 9.59 Å². The number of esters is 1. The highest BCUT2D eigenvalue weighted by Crippen LogP contribution is 2.58. The van der Waals surface area contributed by atoms with Crippen LogP contribution >= 0.6 is 0 Å². The van der Waals surface area contributed by atoms with Gasteiger partial charge in [0.25, 0.3) is 0 Å². The molecular weight excluding hydrogens is 486 g/mol. The normalized spacial score (nSPS) is 18.9. The summed E-state index contributed by atoms with van der Waals surface area (Å²) in [5, 5.41) is 0. The van der Waals surface area contributed by atoms with Crippen LogP contribution in [0.5, 0.6) is 17.2 Å². The lowest BCUT2D eigenvalue weighted by atomic mass is 9.74. The van der Waals surface area contributed by atoms with Crippen molar-refractivity contribution in [3.63, 3.8) is 0 Å². The van der Waals surface area contributed by atoms with Crippen LogP contribution in [-0.2, 0) is 19.8 Å². The third kappa shape index (κ3) is 3.93. The van der Waals surface area contributed by atoms with Crippen LogP contribution in [0.4, 0.5) is 4.79 Å². The van der Waals surface area contributed by atoms with Gasteiger partial charge in [0.2, 0.25) is 0 Å². The molecule has 0 fully saturated rings. The van der Waals surface area contributed by atoms with E-state index < -0.39 is 23.6 Å². The molecule has 3 aromatic carbocycles. The second-order valence-corrected chi connectivity index (χ2v) is 9.04.